The summed E-state index contributed by atoms with van der Waals surface area (Å²) in [6.45, 7) is 0. The van der Waals surface area contributed by atoms with Crippen molar-refractivity contribution in [2.45, 2.75) is 0 Å². The number of hydrogen-bond donors (Lipinski definition) is 0. The molecule has 0 unspecified atom stereocenters. The molecular formula is C71H46N2. The minimum Gasteiger partial charge on any atom is -0.292 e. The fraction of sp³-hybridized carbons (Fsp3) is 0. The Kier molecular flexibility index (Phi) is 10.2. The lowest BCUT2D eigenvalue weighted by Gasteiger charge is -2.22. The molecule has 2 nitrogen and oxygen atoms in total. The first kappa shape index (κ1) is 42.3. The second-order valence-corrected chi connectivity index (χ2v) is 18.9. The monoisotopic (exact) mass is 926 g/mol. The van der Waals surface area contributed by atoms with E-state index < -0.39 is 0 Å². The minimum atomic E-state index is 0.922. The Balaban J connectivity index is 1.02. The first-order chi connectivity index (χ1) is 36.3. The van der Waals surface area contributed by atoms with Crippen LogP contribution in [0.3, 0.4) is 0 Å². The highest BCUT2D eigenvalue weighted by atomic mass is 15.1. The van der Waals surface area contributed by atoms with Crippen molar-refractivity contribution in [3.05, 3.63) is 279 Å². The van der Waals surface area contributed by atoms with Crippen LogP contribution in [-0.2, 0) is 0 Å². The summed E-state index contributed by atoms with van der Waals surface area (Å²) < 4.78 is 2.27. The predicted molar refractivity (Wildman–Crippen MR) is 309 cm³/mol. The maximum atomic E-state index is 5.19. The summed E-state index contributed by atoms with van der Waals surface area (Å²) in [5.74, 6) is 0.922. The van der Waals surface area contributed by atoms with E-state index in [9.17, 15) is 0 Å². The van der Waals surface area contributed by atoms with Crippen molar-refractivity contribution in [2.24, 2.45) is 0 Å². The molecule has 73 heavy (non-hydrogen) atoms. The van der Waals surface area contributed by atoms with Gasteiger partial charge in [0.05, 0.1) is 11.0 Å². The van der Waals surface area contributed by atoms with Crippen LogP contribution in [0.1, 0.15) is 0 Å². The standard InChI is InChI=1S/C71H46N2/c1-4-22-47(23-5-1)53-28-10-12-30-55(53)69-61-36-18-19-37-62(61)70(56-31-13-11-29-54(56)48-24-6-2-7-25-48)64-46-51(44-45-63(64)69)68-59-34-16-14-32-57(59)67(58-33-15-17-35-60(58)68)49-40-42-50(43-41-49)71-72-65-38-20-21-39-66(65)73(71)52-26-8-3-9-27-52/h1-46H. The van der Waals surface area contributed by atoms with Gasteiger partial charge in [0.2, 0.25) is 0 Å². The van der Waals surface area contributed by atoms with Gasteiger partial charge in [0.1, 0.15) is 5.82 Å². The van der Waals surface area contributed by atoms with E-state index in [0.29, 0.717) is 0 Å². The molecule has 1 heterocycles. The molecule has 14 aromatic rings. The average Bonchev–Trinajstić information content (AvgIpc) is 3.86. The van der Waals surface area contributed by atoms with E-state index in [-0.39, 0.29) is 0 Å². The van der Waals surface area contributed by atoms with Crippen molar-refractivity contribution in [3.8, 4) is 83.8 Å². The fourth-order valence-corrected chi connectivity index (χ4v) is 11.6. The first-order valence-electron chi connectivity index (χ1n) is 25.1. The summed E-state index contributed by atoms with van der Waals surface area (Å²) in [6, 6.07) is 102. The molecular weight excluding hydrogens is 881 g/mol. The Morgan fingerprint density at radius 2 is 0.603 bits per heavy atom. The van der Waals surface area contributed by atoms with Gasteiger partial charge in [-0.15, -0.1) is 0 Å². The summed E-state index contributed by atoms with van der Waals surface area (Å²) in [5.41, 5.74) is 18.7. The van der Waals surface area contributed by atoms with Crippen LogP contribution in [0.25, 0.3) is 138 Å². The Hall–Kier alpha value is -9.63. The van der Waals surface area contributed by atoms with Gasteiger partial charge in [-0.2, -0.15) is 0 Å². The van der Waals surface area contributed by atoms with Crippen molar-refractivity contribution in [1.82, 2.24) is 9.55 Å². The molecule has 0 amide bonds. The number of para-hydroxylation sites is 3. The Bertz CT molecular complexity index is 4340. The molecule has 0 fully saturated rings. The van der Waals surface area contributed by atoms with Crippen LogP contribution in [0.5, 0.6) is 0 Å². The van der Waals surface area contributed by atoms with Crippen molar-refractivity contribution < 1.29 is 0 Å². The van der Waals surface area contributed by atoms with E-state index in [1.54, 1.807) is 0 Å². The molecule has 0 spiro atoms. The summed E-state index contributed by atoms with van der Waals surface area (Å²) in [6.07, 6.45) is 0. The smallest absolute Gasteiger partial charge is 0.145 e. The van der Waals surface area contributed by atoms with Crippen molar-refractivity contribution in [2.75, 3.05) is 0 Å². The molecule has 0 aliphatic rings. The van der Waals surface area contributed by atoms with Crippen molar-refractivity contribution in [1.29, 1.82) is 0 Å². The zero-order valence-corrected chi connectivity index (χ0v) is 40.0. The normalized spacial score (nSPS) is 11.6. The van der Waals surface area contributed by atoms with Gasteiger partial charge in [-0.1, -0.05) is 249 Å². The summed E-state index contributed by atoms with van der Waals surface area (Å²) in [4.78, 5) is 5.19. The lowest BCUT2D eigenvalue weighted by Crippen LogP contribution is -1.97. The van der Waals surface area contributed by atoms with Gasteiger partial charge >= 0.3 is 0 Å². The van der Waals surface area contributed by atoms with Gasteiger partial charge in [0.25, 0.3) is 0 Å². The zero-order valence-electron chi connectivity index (χ0n) is 40.0. The molecule has 0 atom stereocenters. The van der Waals surface area contributed by atoms with Crippen LogP contribution in [0.4, 0.5) is 0 Å². The molecule has 0 bridgehead atoms. The molecule has 0 saturated heterocycles. The zero-order chi connectivity index (χ0) is 48.2. The Labute approximate surface area is 424 Å². The number of rotatable bonds is 8. The topological polar surface area (TPSA) is 17.8 Å². The van der Waals surface area contributed by atoms with Gasteiger partial charge in [-0.25, -0.2) is 4.98 Å². The largest absolute Gasteiger partial charge is 0.292 e. The molecule has 0 N–H and O–H groups in total. The molecule has 1 aromatic heterocycles. The minimum absolute atomic E-state index is 0.922. The second-order valence-electron chi connectivity index (χ2n) is 18.9. The van der Waals surface area contributed by atoms with Gasteiger partial charge in [-0.05, 0) is 140 Å². The summed E-state index contributed by atoms with van der Waals surface area (Å²) in [5, 5.41) is 9.74. The first-order valence-corrected chi connectivity index (χ1v) is 25.1. The van der Waals surface area contributed by atoms with E-state index in [0.717, 1.165) is 33.7 Å². The molecule has 13 aromatic carbocycles. The highest BCUT2D eigenvalue weighted by molar-refractivity contribution is 6.26. The number of benzene rings is 13. The number of aromatic nitrogens is 2. The third-order valence-electron chi connectivity index (χ3n) is 14.8. The number of hydrogen-bond acceptors (Lipinski definition) is 1. The molecule has 0 aliphatic heterocycles. The third kappa shape index (κ3) is 7.07. The highest BCUT2D eigenvalue weighted by Gasteiger charge is 2.24. The van der Waals surface area contributed by atoms with E-state index in [4.69, 9.17) is 4.98 Å². The molecule has 0 saturated carbocycles. The van der Waals surface area contributed by atoms with E-state index in [2.05, 4.69) is 284 Å². The van der Waals surface area contributed by atoms with Crippen molar-refractivity contribution in [3.63, 3.8) is 0 Å². The Morgan fingerprint density at radius 1 is 0.233 bits per heavy atom. The fourth-order valence-electron chi connectivity index (χ4n) is 11.6. The molecule has 0 radical (unpaired) electrons. The van der Waals surface area contributed by atoms with Crippen LogP contribution in [0, 0.1) is 0 Å². The average molecular weight is 927 g/mol. The Morgan fingerprint density at radius 3 is 1.14 bits per heavy atom. The summed E-state index contributed by atoms with van der Waals surface area (Å²) >= 11 is 0. The van der Waals surface area contributed by atoms with Gasteiger partial charge in [0, 0.05) is 11.3 Å². The molecule has 14 rings (SSSR count). The SMILES string of the molecule is c1ccc(-c2ccccc2-c2c3ccccc3c(-c3ccccc3-c3ccccc3)c3cc(-c4c5ccccc5c(-c5ccc(-c6nc7ccccc7n6-c6ccccc6)cc5)c5ccccc45)ccc23)cc1. The van der Waals surface area contributed by atoms with Gasteiger partial charge in [0.15, 0.2) is 0 Å². The van der Waals surface area contributed by atoms with Crippen LogP contribution in [-0.4, -0.2) is 9.55 Å². The van der Waals surface area contributed by atoms with Crippen LogP contribution in [0.2, 0.25) is 0 Å². The lowest BCUT2D eigenvalue weighted by molar-refractivity contribution is 1.10. The van der Waals surface area contributed by atoms with Gasteiger partial charge < -0.3 is 0 Å². The number of imidazole rings is 1. The maximum absolute atomic E-state index is 5.19. The third-order valence-corrected chi connectivity index (χ3v) is 14.8. The summed E-state index contributed by atoms with van der Waals surface area (Å²) in [7, 11) is 0. The van der Waals surface area contributed by atoms with E-state index >= 15 is 0 Å². The van der Waals surface area contributed by atoms with Crippen LogP contribution >= 0.6 is 0 Å². The molecule has 0 aliphatic carbocycles. The maximum Gasteiger partial charge on any atom is 0.145 e. The molecule has 340 valence electrons. The molecule has 2 heteroatoms. The predicted octanol–water partition coefficient (Wildman–Crippen LogP) is 19.3. The van der Waals surface area contributed by atoms with E-state index in [1.807, 2.05) is 0 Å². The number of fused-ring (bicyclic) bond motifs is 5. The van der Waals surface area contributed by atoms with Gasteiger partial charge in [-0.3, -0.25) is 4.57 Å². The number of nitrogens with zero attached hydrogens (tertiary/aromatic N) is 2. The van der Waals surface area contributed by atoms with E-state index in [1.165, 1.54) is 104 Å². The second kappa shape index (κ2) is 17.6. The van der Waals surface area contributed by atoms with Crippen LogP contribution < -0.4 is 0 Å². The lowest BCUT2D eigenvalue weighted by atomic mass is 9.80. The van der Waals surface area contributed by atoms with Crippen molar-refractivity contribution >= 4 is 54.1 Å². The quantitative estimate of drug-likeness (QED) is 0.139. The van der Waals surface area contributed by atoms with Crippen LogP contribution in [0.15, 0.2) is 279 Å². The highest BCUT2D eigenvalue weighted by Crippen LogP contribution is 2.51.